The molecule has 0 spiro atoms. The molecule has 0 aromatic heterocycles. The number of nitrogens with zero attached hydrogens (tertiary/aromatic N) is 1. The van der Waals surface area contributed by atoms with Crippen molar-refractivity contribution < 1.29 is 14.3 Å². The Morgan fingerprint density at radius 1 is 1.15 bits per heavy atom. The molecule has 0 bridgehead atoms. The van der Waals surface area contributed by atoms with Crippen molar-refractivity contribution in [3.8, 4) is 0 Å². The number of carbonyl (C=O) groups excluding carboxylic acids is 2. The predicted octanol–water partition coefficient (Wildman–Crippen LogP) is 1.71. The number of hydrogen-bond donors (Lipinski definition) is 1. The summed E-state index contributed by atoms with van der Waals surface area (Å²) in [5, 5.41) is 3.10. The van der Waals surface area contributed by atoms with Crippen LogP contribution in [-0.4, -0.2) is 49.6 Å². The Bertz CT molecular complexity index is 301. The molecule has 20 heavy (non-hydrogen) atoms. The monoisotopic (exact) mass is 284 g/mol. The lowest BCUT2D eigenvalue weighted by atomic mass is 9.95. The molecule has 0 aliphatic heterocycles. The quantitative estimate of drug-likeness (QED) is 0.689. The molecule has 116 valence electrons. The van der Waals surface area contributed by atoms with Crippen LogP contribution in [-0.2, 0) is 14.3 Å². The summed E-state index contributed by atoms with van der Waals surface area (Å²) in [4.78, 5) is 25.0. The summed E-state index contributed by atoms with van der Waals surface area (Å²) in [6, 6.07) is 0.376. The molecule has 0 radical (unpaired) electrons. The Balaban J connectivity index is 2.08. The minimum absolute atomic E-state index is 0.125. The summed E-state index contributed by atoms with van der Waals surface area (Å²) in [5.74, 6) is -0.0501. The molecule has 1 fully saturated rings. The number of carbonyl (C=O) groups is 2. The van der Waals surface area contributed by atoms with Gasteiger partial charge in [-0.05, 0) is 26.8 Å². The van der Waals surface area contributed by atoms with Gasteiger partial charge >= 0.3 is 5.97 Å². The fraction of sp³-hybridized carbons (Fsp3) is 0.867. The van der Waals surface area contributed by atoms with Crippen LogP contribution in [0.15, 0.2) is 0 Å². The van der Waals surface area contributed by atoms with Gasteiger partial charge in [0, 0.05) is 25.6 Å². The zero-order valence-corrected chi connectivity index (χ0v) is 12.8. The van der Waals surface area contributed by atoms with Crippen molar-refractivity contribution in [3.05, 3.63) is 0 Å². The average Bonchev–Trinajstić information content (AvgIpc) is 2.44. The summed E-state index contributed by atoms with van der Waals surface area (Å²) < 4.78 is 4.87. The fourth-order valence-corrected chi connectivity index (χ4v) is 2.47. The van der Waals surface area contributed by atoms with E-state index in [1.165, 1.54) is 19.3 Å². The van der Waals surface area contributed by atoms with E-state index >= 15 is 0 Å². The van der Waals surface area contributed by atoms with E-state index in [0.717, 1.165) is 12.8 Å². The van der Waals surface area contributed by atoms with Crippen molar-refractivity contribution in [1.82, 2.24) is 10.2 Å². The largest absolute Gasteiger partial charge is 0.466 e. The van der Waals surface area contributed by atoms with Gasteiger partial charge in [-0.15, -0.1) is 0 Å². The van der Waals surface area contributed by atoms with Crippen LogP contribution in [0.4, 0.5) is 0 Å². The highest BCUT2D eigenvalue weighted by Gasteiger charge is 2.15. The highest BCUT2D eigenvalue weighted by Crippen LogP contribution is 2.17. The molecule has 0 unspecified atom stereocenters. The van der Waals surface area contributed by atoms with Crippen LogP contribution in [0.1, 0.15) is 51.9 Å². The van der Waals surface area contributed by atoms with E-state index in [9.17, 15) is 9.59 Å². The van der Waals surface area contributed by atoms with Gasteiger partial charge in [-0.2, -0.15) is 0 Å². The summed E-state index contributed by atoms with van der Waals surface area (Å²) in [6.07, 6.45) is 6.86. The number of ether oxygens (including phenoxy) is 1. The summed E-state index contributed by atoms with van der Waals surface area (Å²) in [5.41, 5.74) is 0. The molecule has 1 rings (SSSR count). The zero-order valence-electron chi connectivity index (χ0n) is 12.8. The molecule has 0 aromatic carbocycles. The van der Waals surface area contributed by atoms with Crippen LogP contribution >= 0.6 is 0 Å². The maximum atomic E-state index is 11.8. The van der Waals surface area contributed by atoms with Crippen molar-refractivity contribution in [2.45, 2.75) is 57.9 Å². The standard InChI is InChI=1S/C15H28N2O3/c1-3-20-15(19)10-12-17(2)11-9-14(18)16-13-7-5-4-6-8-13/h13H,3-12H2,1-2H3,(H,16,18). The molecular formula is C15H28N2O3. The van der Waals surface area contributed by atoms with E-state index in [-0.39, 0.29) is 11.9 Å². The van der Waals surface area contributed by atoms with Crippen LogP contribution < -0.4 is 5.32 Å². The van der Waals surface area contributed by atoms with Crippen LogP contribution in [0.25, 0.3) is 0 Å². The topological polar surface area (TPSA) is 58.6 Å². The third-order valence-electron chi connectivity index (χ3n) is 3.69. The van der Waals surface area contributed by atoms with Crippen molar-refractivity contribution in [2.75, 3.05) is 26.7 Å². The van der Waals surface area contributed by atoms with Crippen molar-refractivity contribution >= 4 is 11.9 Å². The molecular weight excluding hydrogens is 256 g/mol. The molecule has 1 N–H and O–H groups in total. The number of esters is 1. The van der Waals surface area contributed by atoms with Gasteiger partial charge in [0.2, 0.25) is 5.91 Å². The molecule has 5 heteroatoms. The lowest BCUT2D eigenvalue weighted by Gasteiger charge is -2.23. The Morgan fingerprint density at radius 3 is 2.45 bits per heavy atom. The predicted molar refractivity (Wildman–Crippen MR) is 78.4 cm³/mol. The second kappa shape index (κ2) is 9.75. The SMILES string of the molecule is CCOC(=O)CCN(C)CCC(=O)NC1CCCCC1. The lowest BCUT2D eigenvalue weighted by Crippen LogP contribution is -2.38. The first-order chi connectivity index (χ1) is 9.61. The van der Waals surface area contributed by atoms with Crippen molar-refractivity contribution in [3.63, 3.8) is 0 Å². The van der Waals surface area contributed by atoms with E-state index in [4.69, 9.17) is 4.74 Å². The first kappa shape index (κ1) is 17.0. The van der Waals surface area contributed by atoms with E-state index in [0.29, 0.717) is 38.6 Å². The second-order valence-corrected chi connectivity index (χ2v) is 5.51. The Kier molecular flexibility index (Phi) is 8.26. The molecule has 0 atom stereocenters. The second-order valence-electron chi connectivity index (χ2n) is 5.51. The van der Waals surface area contributed by atoms with Gasteiger partial charge in [0.1, 0.15) is 0 Å². The van der Waals surface area contributed by atoms with Gasteiger partial charge in [-0.3, -0.25) is 9.59 Å². The third kappa shape index (κ3) is 7.48. The van der Waals surface area contributed by atoms with E-state index in [2.05, 4.69) is 5.32 Å². The highest BCUT2D eigenvalue weighted by atomic mass is 16.5. The number of hydrogen-bond acceptors (Lipinski definition) is 4. The summed E-state index contributed by atoms with van der Waals surface area (Å²) in [7, 11) is 1.92. The Labute approximate surface area is 122 Å². The molecule has 0 heterocycles. The first-order valence-electron chi connectivity index (χ1n) is 7.75. The normalized spacial score (nSPS) is 16.1. The smallest absolute Gasteiger partial charge is 0.307 e. The number of nitrogens with one attached hydrogen (secondary N) is 1. The summed E-state index contributed by atoms with van der Waals surface area (Å²) in [6.45, 7) is 3.54. The third-order valence-corrected chi connectivity index (χ3v) is 3.69. The van der Waals surface area contributed by atoms with Crippen LogP contribution in [0.2, 0.25) is 0 Å². The Morgan fingerprint density at radius 2 is 1.80 bits per heavy atom. The van der Waals surface area contributed by atoms with Crippen molar-refractivity contribution in [2.24, 2.45) is 0 Å². The van der Waals surface area contributed by atoms with E-state index in [1.807, 2.05) is 11.9 Å². The molecule has 5 nitrogen and oxygen atoms in total. The van der Waals surface area contributed by atoms with Crippen LogP contribution in [0, 0.1) is 0 Å². The molecule has 1 amide bonds. The molecule has 1 aliphatic carbocycles. The first-order valence-corrected chi connectivity index (χ1v) is 7.75. The van der Waals surface area contributed by atoms with Gasteiger partial charge in [0.15, 0.2) is 0 Å². The molecule has 0 aromatic rings. The minimum atomic E-state index is -0.175. The van der Waals surface area contributed by atoms with Gasteiger partial charge in [-0.25, -0.2) is 0 Å². The highest BCUT2D eigenvalue weighted by molar-refractivity contribution is 5.76. The number of rotatable bonds is 8. The minimum Gasteiger partial charge on any atom is -0.466 e. The van der Waals surface area contributed by atoms with Crippen molar-refractivity contribution in [1.29, 1.82) is 0 Å². The zero-order chi connectivity index (χ0) is 14.8. The van der Waals surface area contributed by atoms with E-state index < -0.39 is 0 Å². The van der Waals surface area contributed by atoms with Gasteiger partial charge < -0.3 is 15.0 Å². The summed E-state index contributed by atoms with van der Waals surface area (Å²) >= 11 is 0. The molecule has 1 aliphatic rings. The van der Waals surface area contributed by atoms with Gasteiger partial charge in [0.05, 0.1) is 13.0 Å². The van der Waals surface area contributed by atoms with Gasteiger partial charge in [-0.1, -0.05) is 19.3 Å². The fourth-order valence-electron chi connectivity index (χ4n) is 2.47. The maximum Gasteiger partial charge on any atom is 0.307 e. The lowest BCUT2D eigenvalue weighted by molar-refractivity contribution is -0.143. The van der Waals surface area contributed by atoms with Crippen LogP contribution in [0.5, 0.6) is 0 Å². The van der Waals surface area contributed by atoms with Crippen LogP contribution in [0.3, 0.4) is 0 Å². The molecule has 0 saturated heterocycles. The Hall–Kier alpha value is -1.10. The molecule has 1 saturated carbocycles. The van der Waals surface area contributed by atoms with E-state index in [1.54, 1.807) is 6.92 Å². The van der Waals surface area contributed by atoms with Gasteiger partial charge in [0.25, 0.3) is 0 Å². The number of amides is 1. The average molecular weight is 284 g/mol. The maximum absolute atomic E-state index is 11.8.